The lowest BCUT2D eigenvalue weighted by atomic mass is 10.1. The van der Waals surface area contributed by atoms with Crippen LogP contribution in [0.5, 0.6) is 0 Å². The number of anilines is 1. The number of carbonyl (C=O) groups is 1. The highest BCUT2D eigenvalue weighted by atomic mass is 32.2. The zero-order valence-corrected chi connectivity index (χ0v) is 12.6. The molecule has 7 nitrogen and oxygen atoms in total. The van der Waals surface area contributed by atoms with Crippen LogP contribution in [0, 0.1) is 11.3 Å². The van der Waals surface area contributed by atoms with Crippen LogP contribution in [0.25, 0.3) is 6.08 Å². The fourth-order valence-electron chi connectivity index (χ4n) is 1.70. The number of primary sulfonamides is 1. The zero-order chi connectivity index (χ0) is 16.9. The van der Waals surface area contributed by atoms with E-state index in [1.54, 1.807) is 18.3 Å². The predicted octanol–water partition coefficient (Wildman–Crippen LogP) is 1.27. The quantitative estimate of drug-likeness (QED) is 0.645. The summed E-state index contributed by atoms with van der Waals surface area (Å²) >= 11 is 0. The molecule has 0 saturated heterocycles. The van der Waals surface area contributed by atoms with Crippen LogP contribution >= 0.6 is 0 Å². The van der Waals surface area contributed by atoms with Crippen molar-refractivity contribution in [2.24, 2.45) is 5.14 Å². The Morgan fingerprint density at radius 3 is 2.48 bits per heavy atom. The van der Waals surface area contributed by atoms with E-state index >= 15 is 0 Å². The number of pyridine rings is 1. The number of rotatable bonds is 4. The summed E-state index contributed by atoms with van der Waals surface area (Å²) < 4.78 is 22.3. The molecule has 1 amide bonds. The minimum absolute atomic E-state index is 0.0677. The van der Waals surface area contributed by atoms with E-state index in [2.05, 4.69) is 10.3 Å². The second-order valence-corrected chi connectivity index (χ2v) is 6.04. The first-order valence-electron chi connectivity index (χ1n) is 6.36. The van der Waals surface area contributed by atoms with Crippen molar-refractivity contribution in [3.05, 3.63) is 59.9 Å². The average molecular weight is 328 g/mol. The number of hydrogen-bond acceptors (Lipinski definition) is 5. The monoisotopic (exact) mass is 328 g/mol. The molecule has 0 unspecified atom stereocenters. The fourth-order valence-corrected chi connectivity index (χ4v) is 2.22. The van der Waals surface area contributed by atoms with E-state index in [0.29, 0.717) is 11.3 Å². The molecule has 0 bridgehead atoms. The minimum atomic E-state index is -3.79. The molecule has 0 saturated carbocycles. The van der Waals surface area contributed by atoms with Gasteiger partial charge in [0.25, 0.3) is 5.91 Å². The molecule has 1 heterocycles. The molecule has 1 aromatic carbocycles. The molecule has 0 atom stereocenters. The third-order valence-corrected chi connectivity index (χ3v) is 3.73. The van der Waals surface area contributed by atoms with Crippen LogP contribution in [-0.2, 0) is 14.8 Å². The number of nitriles is 1. The largest absolute Gasteiger partial charge is 0.321 e. The molecular weight excluding hydrogens is 316 g/mol. The van der Waals surface area contributed by atoms with Crippen molar-refractivity contribution >= 4 is 27.7 Å². The van der Waals surface area contributed by atoms with E-state index in [9.17, 15) is 13.2 Å². The molecule has 116 valence electrons. The summed E-state index contributed by atoms with van der Waals surface area (Å²) in [6, 6.07) is 10.5. The number of sulfonamides is 1. The number of amides is 1. The smallest absolute Gasteiger partial charge is 0.266 e. The number of nitrogens with zero attached hydrogens (tertiary/aromatic N) is 2. The Balaban J connectivity index is 2.18. The Morgan fingerprint density at radius 2 is 1.96 bits per heavy atom. The second kappa shape index (κ2) is 6.83. The van der Waals surface area contributed by atoms with Crippen LogP contribution < -0.4 is 10.5 Å². The molecule has 3 N–H and O–H groups in total. The van der Waals surface area contributed by atoms with Gasteiger partial charge in [-0.15, -0.1) is 0 Å². The summed E-state index contributed by atoms with van der Waals surface area (Å²) in [5, 5.41) is 16.6. The summed E-state index contributed by atoms with van der Waals surface area (Å²) in [7, 11) is -3.79. The lowest BCUT2D eigenvalue weighted by molar-refractivity contribution is -0.112. The Labute approximate surface area is 133 Å². The normalized spacial score (nSPS) is 11.6. The zero-order valence-electron chi connectivity index (χ0n) is 11.8. The maximum Gasteiger partial charge on any atom is 0.266 e. The van der Waals surface area contributed by atoms with E-state index in [-0.39, 0.29) is 10.5 Å². The average Bonchev–Trinajstić information content (AvgIpc) is 2.53. The molecule has 1 aromatic heterocycles. The van der Waals surface area contributed by atoms with Gasteiger partial charge < -0.3 is 5.32 Å². The van der Waals surface area contributed by atoms with Crippen LogP contribution in [0.3, 0.4) is 0 Å². The van der Waals surface area contributed by atoms with Crippen LogP contribution in [0.4, 0.5) is 5.69 Å². The third-order valence-electron chi connectivity index (χ3n) is 2.80. The number of benzene rings is 1. The Bertz CT molecular complexity index is 883. The number of carbonyl (C=O) groups excluding carboxylic acids is 1. The van der Waals surface area contributed by atoms with Gasteiger partial charge in [0.1, 0.15) is 11.6 Å². The van der Waals surface area contributed by atoms with E-state index in [4.69, 9.17) is 10.4 Å². The highest BCUT2D eigenvalue weighted by Crippen LogP contribution is 2.14. The van der Waals surface area contributed by atoms with Crippen LogP contribution in [0.1, 0.15) is 5.56 Å². The highest BCUT2D eigenvalue weighted by Gasteiger charge is 2.11. The number of nitrogens with one attached hydrogen (secondary N) is 1. The Morgan fingerprint density at radius 1 is 1.26 bits per heavy atom. The van der Waals surface area contributed by atoms with Gasteiger partial charge in [-0.3, -0.25) is 9.78 Å². The summed E-state index contributed by atoms with van der Waals surface area (Å²) in [5.41, 5.74) is 0.854. The first-order valence-corrected chi connectivity index (χ1v) is 7.91. The van der Waals surface area contributed by atoms with Crippen molar-refractivity contribution in [1.29, 1.82) is 5.26 Å². The van der Waals surface area contributed by atoms with Gasteiger partial charge in [0.2, 0.25) is 10.0 Å². The van der Waals surface area contributed by atoms with Crippen molar-refractivity contribution in [3.8, 4) is 6.07 Å². The Hall–Kier alpha value is -3.02. The molecule has 2 rings (SSSR count). The topological polar surface area (TPSA) is 126 Å². The van der Waals surface area contributed by atoms with Gasteiger partial charge in [-0.1, -0.05) is 6.07 Å². The lowest BCUT2D eigenvalue weighted by Crippen LogP contribution is -2.14. The maximum atomic E-state index is 12.1. The summed E-state index contributed by atoms with van der Waals surface area (Å²) in [4.78, 5) is 15.9. The maximum absolute atomic E-state index is 12.1. The molecule has 8 heteroatoms. The molecule has 0 aliphatic rings. The standard InChI is InChI=1S/C15H12N4O3S/c16-9-12(8-11-2-1-7-18-10-11)15(20)19-13-3-5-14(6-4-13)23(17,21)22/h1-8,10H,(H,19,20)(H2,17,21,22). The van der Waals surface area contributed by atoms with Gasteiger partial charge in [0.05, 0.1) is 4.90 Å². The van der Waals surface area contributed by atoms with Crippen LogP contribution in [0.15, 0.2) is 59.3 Å². The summed E-state index contributed by atoms with van der Waals surface area (Å²) in [6.07, 6.45) is 4.50. The van der Waals surface area contributed by atoms with Crippen molar-refractivity contribution in [3.63, 3.8) is 0 Å². The molecule has 0 radical (unpaired) electrons. The predicted molar refractivity (Wildman–Crippen MR) is 84.3 cm³/mol. The molecule has 2 aromatic rings. The molecule has 23 heavy (non-hydrogen) atoms. The van der Waals surface area contributed by atoms with Crippen molar-refractivity contribution in [1.82, 2.24) is 4.98 Å². The second-order valence-electron chi connectivity index (χ2n) is 4.48. The minimum Gasteiger partial charge on any atom is -0.321 e. The van der Waals surface area contributed by atoms with E-state index in [1.165, 1.54) is 36.5 Å². The van der Waals surface area contributed by atoms with E-state index in [0.717, 1.165) is 0 Å². The first-order chi connectivity index (χ1) is 10.9. The summed E-state index contributed by atoms with van der Waals surface area (Å²) in [5.74, 6) is -0.611. The first kappa shape index (κ1) is 16.4. The van der Waals surface area contributed by atoms with Gasteiger partial charge in [0, 0.05) is 18.1 Å². The number of aromatic nitrogens is 1. The van der Waals surface area contributed by atoms with Crippen molar-refractivity contribution in [2.75, 3.05) is 5.32 Å². The summed E-state index contributed by atoms with van der Waals surface area (Å²) in [6.45, 7) is 0. The van der Waals surface area contributed by atoms with Crippen LogP contribution in [0.2, 0.25) is 0 Å². The van der Waals surface area contributed by atoms with Gasteiger partial charge in [-0.2, -0.15) is 5.26 Å². The fraction of sp³-hybridized carbons (Fsp3) is 0. The van der Waals surface area contributed by atoms with Crippen molar-refractivity contribution < 1.29 is 13.2 Å². The number of hydrogen-bond donors (Lipinski definition) is 2. The lowest BCUT2D eigenvalue weighted by Gasteiger charge is -2.05. The van der Waals surface area contributed by atoms with Gasteiger partial charge in [-0.25, -0.2) is 13.6 Å². The van der Waals surface area contributed by atoms with Crippen molar-refractivity contribution in [2.45, 2.75) is 4.90 Å². The number of nitrogens with two attached hydrogens (primary N) is 1. The van der Waals surface area contributed by atoms with Gasteiger partial charge in [0.15, 0.2) is 0 Å². The molecule has 0 aliphatic carbocycles. The van der Waals surface area contributed by atoms with Crippen LogP contribution in [-0.4, -0.2) is 19.3 Å². The third kappa shape index (κ3) is 4.47. The van der Waals surface area contributed by atoms with Gasteiger partial charge in [-0.05, 0) is 42.0 Å². The SMILES string of the molecule is N#CC(=Cc1cccnc1)C(=O)Nc1ccc(S(N)(=O)=O)cc1. The van der Waals surface area contributed by atoms with E-state index < -0.39 is 15.9 Å². The molecule has 0 spiro atoms. The highest BCUT2D eigenvalue weighted by molar-refractivity contribution is 7.89. The molecule has 0 aliphatic heterocycles. The van der Waals surface area contributed by atoms with E-state index in [1.807, 2.05) is 6.07 Å². The van der Waals surface area contributed by atoms with Gasteiger partial charge >= 0.3 is 0 Å². The molecular formula is C15H12N4O3S. The Kier molecular flexibility index (Phi) is 4.85. The molecule has 0 fully saturated rings.